The van der Waals surface area contributed by atoms with E-state index >= 15 is 0 Å². The third kappa shape index (κ3) is 4.47. The molecule has 130 valence electrons. The predicted molar refractivity (Wildman–Crippen MR) is 102 cm³/mol. The number of hydrogen-bond acceptors (Lipinski definition) is 3. The number of halogens is 2. The van der Waals surface area contributed by atoms with Crippen molar-refractivity contribution in [3.8, 4) is 11.1 Å². The number of carbonyl (C=O) groups is 1. The second kappa shape index (κ2) is 9.02. The lowest BCUT2D eigenvalue weighted by molar-refractivity contribution is 0.0655. The average molecular weight is 368 g/mol. The van der Waals surface area contributed by atoms with E-state index in [0.717, 1.165) is 30.8 Å². The summed E-state index contributed by atoms with van der Waals surface area (Å²) in [5, 5.41) is 3.30. The highest BCUT2D eigenvalue weighted by Gasteiger charge is 2.24. The molecule has 0 radical (unpaired) electrons. The van der Waals surface area contributed by atoms with Gasteiger partial charge in [0.2, 0.25) is 0 Å². The summed E-state index contributed by atoms with van der Waals surface area (Å²) < 4.78 is 0. The summed E-state index contributed by atoms with van der Waals surface area (Å²) >= 11 is 0. The summed E-state index contributed by atoms with van der Waals surface area (Å²) in [4.78, 5) is 18.9. The van der Waals surface area contributed by atoms with Crippen molar-refractivity contribution >= 4 is 30.7 Å². The molecule has 24 heavy (non-hydrogen) atoms. The fraction of sp³-hybridized carbons (Fsp3) is 0.333. The van der Waals surface area contributed by atoms with E-state index in [2.05, 4.69) is 48.4 Å². The van der Waals surface area contributed by atoms with Gasteiger partial charge in [0, 0.05) is 43.6 Å². The van der Waals surface area contributed by atoms with Crippen molar-refractivity contribution in [1.82, 2.24) is 15.2 Å². The highest BCUT2D eigenvalue weighted by Crippen LogP contribution is 2.21. The number of carbonyl (C=O) groups excluding carboxylic acids is 1. The predicted octanol–water partition coefficient (Wildman–Crippen LogP) is 3.33. The number of nitrogens with one attached hydrogen (secondary N) is 1. The van der Waals surface area contributed by atoms with Gasteiger partial charge in [-0.25, -0.2) is 0 Å². The van der Waals surface area contributed by atoms with Crippen molar-refractivity contribution in [2.45, 2.75) is 19.9 Å². The molecule has 2 aromatic rings. The largest absolute Gasteiger partial charge is 0.333 e. The molecule has 1 aliphatic rings. The Balaban J connectivity index is 0.00000144. The average Bonchev–Trinajstić information content (AvgIpc) is 2.55. The summed E-state index contributed by atoms with van der Waals surface area (Å²) in [5.74, 6) is 0.0652. The Morgan fingerprint density at radius 2 is 1.88 bits per heavy atom. The monoisotopic (exact) mass is 367 g/mol. The van der Waals surface area contributed by atoms with Gasteiger partial charge in [0.1, 0.15) is 0 Å². The zero-order chi connectivity index (χ0) is 15.5. The van der Waals surface area contributed by atoms with E-state index < -0.39 is 0 Å². The molecule has 3 rings (SSSR count). The molecule has 0 aliphatic carbocycles. The topological polar surface area (TPSA) is 45.2 Å². The number of piperazine rings is 1. The van der Waals surface area contributed by atoms with Gasteiger partial charge in [0.25, 0.3) is 5.91 Å². The van der Waals surface area contributed by atoms with E-state index in [1.807, 2.05) is 17.2 Å². The third-order valence-electron chi connectivity index (χ3n) is 4.13. The first-order valence-corrected chi connectivity index (χ1v) is 7.69. The van der Waals surface area contributed by atoms with Crippen molar-refractivity contribution in [3.05, 3.63) is 53.9 Å². The fourth-order valence-corrected chi connectivity index (χ4v) is 2.77. The first kappa shape index (κ1) is 20.4. The number of benzene rings is 1. The molecule has 2 heterocycles. The van der Waals surface area contributed by atoms with Gasteiger partial charge in [0.05, 0.1) is 5.56 Å². The number of aromatic nitrogens is 1. The van der Waals surface area contributed by atoms with Crippen molar-refractivity contribution in [3.63, 3.8) is 0 Å². The lowest BCUT2D eigenvalue weighted by atomic mass is 10.0. The number of rotatable bonds is 2. The molecular formula is C18H23Cl2N3O. The zero-order valence-corrected chi connectivity index (χ0v) is 15.5. The van der Waals surface area contributed by atoms with Crippen LogP contribution in [0.5, 0.6) is 0 Å². The van der Waals surface area contributed by atoms with Crippen LogP contribution in [0.3, 0.4) is 0 Å². The van der Waals surface area contributed by atoms with Gasteiger partial charge in [-0.05, 0) is 25.5 Å². The second-order valence-electron chi connectivity index (χ2n) is 5.88. The number of nitrogens with zero attached hydrogens (tertiary/aromatic N) is 2. The Morgan fingerprint density at radius 3 is 2.54 bits per heavy atom. The summed E-state index contributed by atoms with van der Waals surface area (Å²) in [6.45, 7) is 6.57. The van der Waals surface area contributed by atoms with Crippen molar-refractivity contribution < 1.29 is 4.79 Å². The maximum absolute atomic E-state index is 12.7. The van der Waals surface area contributed by atoms with Crippen LogP contribution in [0.1, 0.15) is 22.8 Å². The zero-order valence-electron chi connectivity index (χ0n) is 13.9. The molecule has 1 saturated heterocycles. The Kier molecular flexibility index (Phi) is 7.67. The number of pyridine rings is 1. The van der Waals surface area contributed by atoms with Gasteiger partial charge in [-0.3, -0.25) is 9.78 Å². The van der Waals surface area contributed by atoms with Crippen LogP contribution >= 0.6 is 24.8 Å². The molecule has 0 saturated carbocycles. The molecule has 4 nitrogen and oxygen atoms in total. The van der Waals surface area contributed by atoms with E-state index in [9.17, 15) is 4.79 Å². The van der Waals surface area contributed by atoms with Crippen LogP contribution in [0.4, 0.5) is 0 Å². The van der Waals surface area contributed by atoms with Crippen LogP contribution < -0.4 is 5.32 Å². The fourth-order valence-electron chi connectivity index (χ4n) is 2.77. The Labute approximate surface area is 155 Å². The molecule has 1 atom stereocenters. The minimum atomic E-state index is 0. The van der Waals surface area contributed by atoms with Gasteiger partial charge >= 0.3 is 0 Å². The molecule has 0 bridgehead atoms. The standard InChI is InChI=1S/C18H21N3O.2ClH/c1-13-3-5-15(6-4-13)16-9-17(12-20-11-16)18(22)21-8-7-19-10-14(21)2;;/h3-6,9,11-12,14,19H,7-8,10H2,1-2H3;2*1H. The van der Waals surface area contributed by atoms with E-state index in [1.54, 1.807) is 6.20 Å². The summed E-state index contributed by atoms with van der Waals surface area (Å²) in [7, 11) is 0. The van der Waals surface area contributed by atoms with Crippen LogP contribution in [-0.2, 0) is 0 Å². The first-order valence-electron chi connectivity index (χ1n) is 7.69. The molecule has 1 unspecified atom stereocenters. The third-order valence-corrected chi connectivity index (χ3v) is 4.13. The lowest BCUT2D eigenvalue weighted by Crippen LogP contribution is -2.52. The number of aryl methyl sites for hydroxylation is 1. The Morgan fingerprint density at radius 1 is 1.17 bits per heavy atom. The van der Waals surface area contributed by atoms with E-state index in [1.165, 1.54) is 5.56 Å². The molecule has 6 heteroatoms. The molecule has 1 aromatic heterocycles. The maximum Gasteiger partial charge on any atom is 0.255 e. The van der Waals surface area contributed by atoms with Crippen LogP contribution in [0.2, 0.25) is 0 Å². The van der Waals surface area contributed by atoms with E-state index in [0.29, 0.717) is 5.56 Å². The van der Waals surface area contributed by atoms with Gasteiger partial charge in [-0.1, -0.05) is 29.8 Å². The summed E-state index contributed by atoms with van der Waals surface area (Å²) in [5.41, 5.74) is 3.94. The molecular weight excluding hydrogens is 345 g/mol. The van der Waals surface area contributed by atoms with Gasteiger partial charge in [-0.15, -0.1) is 24.8 Å². The summed E-state index contributed by atoms with van der Waals surface area (Å²) in [6.07, 6.45) is 3.47. The van der Waals surface area contributed by atoms with Gasteiger partial charge < -0.3 is 10.2 Å². The first-order chi connectivity index (χ1) is 10.6. The van der Waals surface area contributed by atoms with Crippen LogP contribution in [0, 0.1) is 6.92 Å². The van der Waals surface area contributed by atoms with Gasteiger partial charge in [0.15, 0.2) is 0 Å². The van der Waals surface area contributed by atoms with Crippen LogP contribution in [0.25, 0.3) is 11.1 Å². The Bertz CT molecular complexity index is 676. The van der Waals surface area contributed by atoms with Crippen molar-refractivity contribution in [2.24, 2.45) is 0 Å². The van der Waals surface area contributed by atoms with Crippen LogP contribution in [0.15, 0.2) is 42.7 Å². The lowest BCUT2D eigenvalue weighted by Gasteiger charge is -2.34. The Hall–Kier alpha value is -1.62. The smallest absolute Gasteiger partial charge is 0.255 e. The molecule has 0 spiro atoms. The molecule has 1 aliphatic heterocycles. The van der Waals surface area contributed by atoms with Crippen molar-refractivity contribution in [2.75, 3.05) is 19.6 Å². The SMILES string of the molecule is Cc1ccc(-c2cncc(C(=O)N3CCNCC3C)c2)cc1.Cl.Cl. The van der Waals surface area contributed by atoms with Crippen molar-refractivity contribution in [1.29, 1.82) is 0 Å². The van der Waals surface area contributed by atoms with Crippen LogP contribution in [-0.4, -0.2) is 41.5 Å². The highest BCUT2D eigenvalue weighted by molar-refractivity contribution is 5.95. The number of amides is 1. The normalized spacial score (nSPS) is 16.8. The minimum absolute atomic E-state index is 0. The highest BCUT2D eigenvalue weighted by atomic mass is 35.5. The summed E-state index contributed by atoms with van der Waals surface area (Å²) in [6, 6.07) is 10.4. The second-order valence-corrected chi connectivity index (χ2v) is 5.88. The molecule has 1 fully saturated rings. The number of hydrogen-bond donors (Lipinski definition) is 1. The quantitative estimate of drug-likeness (QED) is 0.885. The molecule has 1 N–H and O–H groups in total. The molecule has 1 amide bonds. The molecule has 1 aromatic carbocycles. The maximum atomic E-state index is 12.7. The van der Waals surface area contributed by atoms with E-state index in [-0.39, 0.29) is 36.8 Å². The minimum Gasteiger partial charge on any atom is -0.333 e. The van der Waals surface area contributed by atoms with E-state index in [4.69, 9.17) is 0 Å². The van der Waals surface area contributed by atoms with Gasteiger partial charge in [-0.2, -0.15) is 0 Å².